The molecule has 13 heteroatoms. The number of nitrogens with one attached hydrogen (secondary N) is 1. The van der Waals surface area contributed by atoms with Gasteiger partial charge in [0.2, 0.25) is 0 Å². The number of rotatable bonds is 4. The second kappa shape index (κ2) is 8.43. The summed E-state index contributed by atoms with van der Waals surface area (Å²) in [5, 5.41) is 8.86. The normalized spacial score (nSPS) is 12.6. The van der Waals surface area contributed by atoms with E-state index in [9.17, 15) is 26.3 Å². The number of benzene rings is 2. The van der Waals surface area contributed by atoms with E-state index < -0.39 is 29.0 Å². The van der Waals surface area contributed by atoms with Gasteiger partial charge in [-0.15, -0.1) is 0 Å². The van der Waals surface area contributed by atoms with Gasteiger partial charge in [0.15, 0.2) is 11.6 Å². The molecule has 4 aromatic rings. The molecule has 0 unspecified atom stereocenters. The molecule has 0 saturated carbocycles. The van der Waals surface area contributed by atoms with E-state index in [4.69, 9.17) is 4.52 Å². The molecule has 1 N–H and O–H groups in total. The lowest BCUT2D eigenvalue weighted by atomic mass is 10.0. The molecule has 0 fully saturated rings. The maximum Gasteiger partial charge on any atom is 0.417 e. The Morgan fingerprint density at radius 1 is 0.842 bits per heavy atom. The molecule has 0 saturated heterocycles. The van der Waals surface area contributed by atoms with Crippen molar-refractivity contribution in [1.82, 2.24) is 29.9 Å². The summed E-state index contributed by atoms with van der Waals surface area (Å²) in [6.07, 6.45) is -5.04. The SMILES string of the molecule is FC(F)(F)c1ccc(-c2cc(Cn3cc4nc(-c5cccc6[nH]ccc56)nc-4cn3)on2)c(C(F)(F)F)c1. The van der Waals surface area contributed by atoms with Crippen molar-refractivity contribution in [2.24, 2.45) is 0 Å². The number of imidazole rings is 1. The highest BCUT2D eigenvalue weighted by molar-refractivity contribution is 5.93. The highest BCUT2D eigenvalue weighted by Crippen LogP contribution is 2.40. The van der Waals surface area contributed by atoms with E-state index in [1.54, 1.807) is 6.20 Å². The average molecular weight is 528 g/mol. The molecule has 2 aliphatic rings. The minimum atomic E-state index is -5.03. The molecule has 38 heavy (non-hydrogen) atoms. The quantitative estimate of drug-likeness (QED) is 0.259. The number of aromatic amines is 1. The van der Waals surface area contributed by atoms with Gasteiger partial charge in [-0.1, -0.05) is 23.4 Å². The highest BCUT2D eigenvalue weighted by atomic mass is 19.4. The van der Waals surface area contributed by atoms with Gasteiger partial charge < -0.3 is 9.51 Å². The van der Waals surface area contributed by atoms with Crippen LogP contribution in [0.25, 0.3) is 44.9 Å². The van der Waals surface area contributed by atoms with Crippen LogP contribution in [0.2, 0.25) is 0 Å². The van der Waals surface area contributed by atoms with Gasteiger partial charge >= 0.3 is 12.4 Å². The third-order valence-corrected chi connectivity index (χ3v) is 5.96. The van der Waals surface area contributed by atoms with Crippen LogP contribution in [0.3, 0.4) is 0 Å². The fourth-order valence-corrected chi connectivity index (χ4v) is 4.20. The third-order valence-electron chi connectivity index (χ3n) is 5.96. The first-order valence-electron chi connectivity index (χ1n) is 11.1. The van der Waals surface area contributed by atoms with Crippen LogP contribution < -0.4 is 0 Å². The summed E-state index contributed by atoms with van der Waals surface area (Å²) in [4.78, 5) is 12.3. The number of aromatic nitrogens is 6. The maximum atomic E-state index is 13.5. The minimum absolute atomic E-state index is 0.0134. The number of H-pyrrole nitrogens is 1. The summed E-state index contributed by atoms with van der Waals surface area (Å²) in [6, 6.07) is 10.2. The fraction of sp³-hybridized carbons (Fsp3) is 0.120. The zero-order valence-corrected chi connectivity index (χ0v) is 19.0. The zero-order chi connectivity index (χ0) is 26.7. The average Bonchev–Trinajstić information content (AvgIpc) is 3.61. The van der Waals surface area contributed by atoms with Gasteiger partial charge in [-0.2, -0.15) is 31.4 Å². The summed E-state index contributed by atoms with van der Waals surface area (Å²) in [7, 11) is 0. The maximum absolute atomic E-state index is 13.5. The van der Waals surface area contributed by atoms with Crippen LogP contribution in [0.4, 0.5) is 26.3 Å². The highest BCUT2D eigenvalue weighted by Gasteiger charge is 2.39. The van der Waals surface area contributed by atoms with E-state index in [1.165, 1.54) is 16.9 Å². The molecule has 4 heterocycles. The minimum Gasteiger partial charge on any atom is -0.361 e. The molecule has 7 nitrogen and oxygen atoms in total. The Kier molecular flexibility index (Phi) is 5.26. The van der Waals surface area contributed by atoms with Gasteiger partial charge in [0.25, 0.3) is 0 Å². The van der Waals surface area contributed by atoms with Crippen molar-refractivity contribution in [3.05, 3.63) is 84.0 Å². The lowest BCUT2D eigenvalue weighted by molar-refractivity contribution is -0.142. The number of hydrogen-bond acceptors (Lipinski definition) is 5. The first-order valence-corrected chi connectivity index (χ1v) is 11.1. The second-order valence-corrected chi connectivity index (χ2v) is 8.47. The Morgan fingerprint density at radius 2 is 1.66 bits per heavy atom. The van der Waals surface area contributed by atoms with Crippen molar-refractivity contribution < 1.29 is 30.9 Å². The lowest BCUT2D eigenvalue weighted by Gasteiger charge is -2.14. The van der Waals surface area contributed by atoms with E-state index in [0.717, 1.165) is 22.5 Å². The van der Waals surface area contributed by atoms with Crippen molar-refractivity contribution in [2.45, 2.75) is 18.9 Å². The Labute approximate surface area is 209 Å². The Hall–Kier alpha value is -4.68. The molecule has 0 aliphatic carbocycles. The predicted octanol–water partition coefficient (Wildman–Crippen LogP) is 6.67. The first-order chi connectivity index (χ1) is 18.1. The molecule has 0 spiro atoms. The predicted molar refractivity (Wildman–Crippen MR) is 123 cm³/mol. The van der Waals surface area contributed by atoms with E-state index in [0.29, 0.717) is 23.3 Å². The van der Waals surface area contributed by atoms with Crippen LogP contribution in [-0.4, -0.2) is 29.9 Å². The number of hydrogen-bond donors (Lipinski definition) is 1. The molecule has 0 radical (unpaired) electrons. The van der Waals surface area contributed by atoms with Gasteiger partial charge in [0.1, 0.15) is 23.6 Å². The molecular formula is C25H14F6N6O. The summed E-state index contributed by atoms with van der Waals surface area (Å²) in [5.74, 6) is 0.649. The third kappa shape index (κ3) is 4.25. The fourth-order valence-electron chi connectivity index (χ4n) is 4.20. The van der Waals surface area contributed by atoms with Crippen molar-refractivity contribution in [1.29, 1.82) is 0 Å². The van der Waals surface area contributed by atoms with Crippen molar-refractivity contribution in [3.8, 4) is 34.0 Å². The standard InChI is InChI=1S/C25H14F6N6O/c26-24(27,28)13-4-5-17(18(8-13)25(29,30)31)20-9-14(38-36-20)11-37-12-22-21(10-33-37)34-23(35-22)16-2-1-3-19-15(16)6-7-32-19/h1-10,12,32H,11H2. The Balaban J connectivity index is 1.30. The smallest absolute Gasteiger partial charge is 0.361 e. The van der Waals surface area contributed by atoms with Gasteiger partial charge in [-0.05, 0) is 24.3 Å². The van der Waals surface area contributed by atoms with Crippen molar-refractivity contribution in [3.63, 3.8) is 0 Å². The van der Waals surface area contributed by atoms with E-state index >= 15 is 0 Å². The number of alkyl halides is 6. The van der Waals surface area contributed by atoms with E-state index in [1.807, 2.05) is 30.5 Å². The molecule has 2 aromatic carbocycles. The van der Waals surface area contributed by atoms with E-state index in [2.05, 4.69) is 25.2 Å². The van der Waals surface area contributed by atoms with Crippen LogP contribution in [-0.2, 0) is 18.9 Å². The number of nitrogens with zero attached hydrogens (tertiary/aromatic N) is 5. The van der Waals surface area contributed by atoms with Crippen LogP contribution in [0, 0.1) is 0 Å². The Bertz CT molecular complexity index is 1750. The first kappa shape index (κ1) is 23.7. The van der Waals surface area contributed by atoms with Crippen molar-refractivity contribution in [2.75, 3.05) is 0 Å². The molecule has 2 aliphatic heterocycles. The molecule has 6 rings (SSSR count). The van der Waals surface area contributed by atoms with Crippen molar-refractivity contribution >= 4 is 10.9 Å². The molecule has 192 valence electrons. The Morgan fingerprint density at radius 3 is 2.45 bits per heavy atom. The lowest BCUT2D eigenvalue weighted by Crippen LogP contribution is -2.12. The zero-order valence-electron chi connectivity index (χ0n) is 19.0. The van der Waals surface area contributed by atoms with Crippen LogP contribution >= 0.6 is 0 Å². The van der Waals surface area contributed by atoms with Crippen LogP contribution in [0.1, 0.15) is 16.9 Å². The number of fused-ring (bicyclic) bond motifs is 2. The topological polar surface area (TPSA) is 85.4 Å². The molecular weight excluding hydrogens is 514 g/mol. The van der Waals surface area contributed by atoms with E-state index in [-0.39, 0.29) is 24.1 Å². The van der Waals surface area contributed by atoms with Crippen LogP contribution in [0.5, 0.6) is 0 Å². The molecule has 0 bridgehead atoms. The largest absolute Gasteiger partial charge is 0.417 e. The summed E-state index contributed by atoms with van der Waals surface area (Å²) in [5.41, 5.74) is -0.802. The van der Waals surface area contributed by atoms with Gasteiger partial charge in [-0.25, -0.2) is 9.97 Å². The summed E-state index contributed by atoms with van der Waals surface area (Å²) >= 11 is 0. The van der Waals surface area contributed by atoms with Gasteiger partial charge in [0.05, 0.1) is 23.5 Å². The molecule has 2 aromatic heterocycles. The number of halogens is 6. The summed E-state index contributed by atoms with van der Waals surface area (Å²) < 4.78 is 86.2. The molecule has 0 atom stereocenters. The monoisotopic (exact) mass is 528 g/mol. The second-order valence-electron chi connectivity index (χ2n) is 8.47. The van der Waals surface area contributed by atoms with Crippen LogP contribution in [0.15, 0.2) is 71.6 Å². The molecule has 0 amide bonds. The summed E-state index contributed by atoms with van der Waals surface area (Å²) in [6.45, 7) is -0.0134. The van der Waals surface area contributed by atoms with Gasteiger partial charge in [-0.3, -0.25) is 4.68 Å². The van der Waals surface area contributed by atoms with Gasteiger partial charge in [0, 0.05) is 34.3 Å².